The fourth-order valence-electron chi connectivity index (χ4n) is 2.15. The van der Waals surface area contributed by atoms with E-state index < -0.39 is 5.97 Å². The molecule has 0 aliphatic heterocycles. The Labute approximate surface area is 116 Å². The van der Waals surface area contributed by atoms with Crippen LogP contribution in [0, 0.1) is 13.8 Å². The minimum absolute atomic E-state index is 0.0378. The largest absolute Gasteiger partial charge is 0.464 e. The second-order valence-corrected chi connectivity index (χ2v) is 5.88. The molecule has 0 bridgehead atoms. The number of hydrogen-bond acceptors (Lipinski definition) is 5. The van der Waals surface area contributed by atoms with E-state index in [9.17, 15) is 4.79 Å². The first kappa shape index (κ1) is 13.6. The molecule has 0 aliphatic carbocycles. The Morgan fingerprint density at radius 1 is 1.53 bits per heavy atom. The topological polar surface area (TPSA) is 70.1 Å². The van der Waals surface area contributed by atoms with Crippen molar-refractivity contribution in [1.82, 2.24) is 9.55 Å². The lowest BCUT2D eigenvalue weighted by atomic mass is 10.1. The van der Waals surface area contributed by atoms with Crippen molar-refractivity contribution in [2.24, 2.45) is 0 Å². The van der Waals surface area contributed by atoms with Crippen LogP contribution in [-0.4, -0.2) is 22.6 Å². The summed E-state index contributed by atoms with van der Waals surface area (Å²) < 4.78 is 6.44. The number of carbonyl (C=O) groups excluding carboxylic acids is 1. The van der Waals surface area contributed by atoms with Crippen LogP contribution in [0.25, 0.3) is 0 Å². The Morgan fingerprint density at radius 3 is 2.74 bits per heavy atom. The molecule has 19 heavy (non-hydrogen) atoms. The summed E-state index contributed by atoms with van der Waals surface area (Å²) in [5, 5.41) is 0. The number of aromatic nitrogens is 2. The van der Waals surface area contributed by atoms with Gasteiger partial charge in [-0.1, -0.05) is 0 Å². The molecular weight excluding hydrogens is 262 g/mol. The number of carbonyl (C=O) groups is 1. The van der Waals surface area contributed by atoms with Crippen LogP contribution in [0.2, 0.25) is 0 Å². The van der Waals surface area contributed by atoms with Crippen LogP contribution in [-0.2, 0) is 4.74 Å². The number of rotatable bonds is 3. The molecule has 0 fully saturated rings. The van der Waals surface area contributed by atoms with Crippen LogP contribution in [0.1, 0.15) is 38.8 Å². The Balaban J connectivity index is 2.40. The van der Waals surface area contributed by atoms with Crippen molar-refractivity contribution in [2.75, 3.05) is 12.8 Å². The average Bonchev–Trinajstić information content (AvgIpc) is 2.90. The molecule has 0 spiro atoms. The third kappa shape index (κ3) is 2.35. The summed E-state index contributed by atoms with van der Waals surface area (Å²) in [6.07, 6.45) is 1.58. The number of nitrogen functional groups attached to an aromatic ring is 1. The van der Waals surface area contributed by atoms with Crippen molar-refractivity contribution in [2.45, 2.75) is 26.8 Å². The summed E-state index contributed by atoms with van der Waals surface area (Å²) in [7, 11) is 1.32. The predicted molar refractivity (Wildman–Crippen MR) is 75.6 cm³/mol. The van der Waals surface area contributed by atoms with E-state index in [4.69, 9.17) is 5.73 Å². The average molecular weight is 279 g/mol. The first-order chi connectivity index (χ1) is 8.95. The molecule has 0 aromatic carbocycles. The molecule has 2 aromatic heterocycles. The van der Waals surface area contributed by atoms with Crippen molar-refractivity contribution in [3.8, 4) is 0 Å². The van der Waals surface area contributed by atoms with E-state index in [1.807, 2.05) is 6.92 Å². The van der Waals surface area contributed by atoms with E-state index in [0.29, 0.717) is 5.82 Å². The molecule has 0 amide bonds. The Hall–Kier alpha value is -1.82. The van der Waals surface area contributed by atoms with Crippen LogP contribution >= 0.6 is 11.3 Å². The van der Waals surface area contributed by atoms with E-state index in [1.54, 1.807) is 22.2 Å². The first-order valence-corrected chi connectivity index (χ1v) is 6.75. The van der Waals surface area contributed by atoms with Crippen LogP contribution in [0.15, 0.2) is 12.4 Å². The van der Waals surface area contributed by atoms with Gasteiger partial charge >= 0.3 is 5.97 Å². The highest BCUT2D eigenvalue weighted by Gasteiger charge is 2.21. The van der Waals surface area contributed by atoms with Crippen LogP contribution in [0.5, 0.6) is 0 Å². The fraction of sp³-hybridized carbons (Fsp3) is 0.385. The lowest BCUT2D eigenvalue weighted by molar-refractivity contribution is 0.0596. The molecule has 0 radical (unpaired) electrons. The molecule has 1 unspecified atom stereocenters. The van der Waals surface area contributed by atoms with Gasteiger partial charge in [-0.15, -0.1) is 11.3 Å². The molecule has 5 nitrogen and oxygen atoms in total. The molecule has 0 aliphatic rings. The standard InChI is InChI=1S/C13H17N3O2S/c1-7-5-10(9(3)19-7)8(2)16-6-15-11(12(16)14)13(17)18-4/h5-6,8H,14H2,1-4H3. The SMILES string of the molecule is COC(=O)c1ncn(C(C)c2cc(C)sc2C)c1N. The number of anilines is 1. The fourth-order valence-corrected chi connectivity index (χ4v) is 3.16. The molecule has 0 saturated carbocycles. The Kier molecular flexibility index (Phi) is 3.61. The van der Waals surface area contributed by atoms with Gasteiger partial charge < -0.3 is 15.0 Å². The highest BCUT2D eigenvalue weighted by Crippen LogP contribution is 2.30. The number of aryl methyl sites for hydroxylation is 2. The quantitative estimate of drug-likeness (QED) is 0.876. The zero-order valence-electron chi connectivity index (χ0n) is 11.4. The third-order valence-corrected chi connectivity index (χ3v) is 4.14. The normalized spacial score (nSPS) is 12.4. The number of hydrogen-bond donors (Lipinski definition) is 1. The van der Waals surface area contributed by atoms with Crippen LogP contribution in [0.4, 0.5) is 5.82 Å². The maximum Gasteiger partial charge on any atom is 0.360 e. The molecule has 2 rings (SSSR count). The van der Waals surface area contributed by atoms with Gasteiger partial charge in [0.1, 0.15) is 5.82 Å². The molecule has 1 atom stereocenters. The molecule has 2 N–H and O–H groups in total. The summed E-state index contributed by atoms with van der Waals surface area (Å²) in [5.41, 5.74) is 7.34. The molecule has 0 saturated heterocycles. The molecule has 2 heterocycles. The maximum absolute atomic E-state index is 11.5. The monoisotopic (exact) mass is 279 g/mol. The summed E-state index contributed by atoms with van der Waals surface area (Å²) >= 11 is 1.75. The van der Waals surface area contributed by atoms with Gasteiger partial charge in [0.15, 0.2) is 5.69 Å². The highest BCUT2D eigenvalue weighted by molar-refractivity contribution is 7.12. The number of esters is 1. The zero-order valence-corrected chi connectivity index (χ0v) is 12.2. The van der Waals surface area contributed by atoms with Crippen molar-refractivity contribution >= 4 is 23.1 Å². The van der Waals surface area contributed by atoms with Crippen molar-refractivity contribution in [3.63, 3.8) is 0 Å². The predicted octanol–water partition coefficient (Wildman–Crippen LogP) is 2.54. The van der Waals surface area contributed by atoms with Crippen LogP contribution < -0.4 is 5.73 Å². The molecule has 2 aromatic rings. The Morgan fingerprint density at radius 2 is 2.21 bits per heavy atom. The summed E-state index contributed by atoms with van der Waals surface area (Å²) in [6.45, 7) is 6.19. The first-order valence-electron chi connectivity index (χ1n) is 5.93. The minimum Gasteiger partial charge on any atom is -0.464 e. The van der Waals surface area contributed by atoms with E-state index in [2.05, 4.69) is 29.6 Å². The summed E-state index contributed by atoms with van der Waals surface area (Å²) in [5.74, 6) is -0.177. The summed E-state index contributed by atoms with van der Waals surface area (Å²) in [4.78, 5) is 18.0. The number of nitrogens with zero attached hydrogens (tertiary/aromatic N) is 2. The number of methoxy groups -OCH3 is 1. The van der Waals surface area contributed by atoms with Gasteiger partial charge in [0.05, 0.1) is 19.5 Å². The number of ether oxygens (including phenoxy) is 1. The lowest BCUT2D eigenvalue weighted by Gasteiger charge is -2.15. The number of imidazole rings is 1. The molecular formula is C13H17N3O2S. The third-order valence-electron chi connectivity index (χ3n) is 3.16. The van der Waals surface area contributed by atoms with E-state index in [-0.39, 0.29) is 11.7 Å². The Bertz CT molecular complexity index is 615. The second kappa shape index (κ2) is 5.05. The summed E-state index contributed by atoms with van der Waals surface area (Å²) in [6, 6.07) is 2.18. The van der Waals surface area contributed by atoms with E-state index >= 15 is 0 Å². The highest BCUT2D eigenvalue weighted by atomic mass is 32.1. The van der Waals surface area contributed by atoms with Crippen molar-refractivity contribution < 1.29 is 9.53 Å². The van der Waals surface area contributed by atoms with Gasteiger partial charge in [0.25, 0.3) is 0 Å². The minimum atomic E-state index is -0.512. The lowest BCUT2D eigenvalue weighted by Crippen LogP contribution is -2.12. The van der Waals surface area contributed by atoms with Gasteiger partial charge in [-0.2, -0.15) is 0 Å². The van der Waals surface area contributed by atoms with Gasteiger partial charge in [-0.3, -0.25) is 0 Å². The zero-order chi connectivity index (χ0) is 14.2. The van der Waals surface area contributed by atoms with Gasteiger partial charge in [-0.05, 0) is 32.4 Å². The van der Waals surface area contributed by atoms with Gasteiger partial charge in [0, 0.05) is 9.75 Å². The number of nitrogens with two attached hydrogens (primary N) is 1. The smallest absolute Gasteiger partial charge is 0.360 e. The second-order valence-electron chi connectivity index (χ2n) is 4.42. The van der Waals surface area contributed by atoms with Crippen LogP contribution in [0.3, 0.4) is 0 Å². The van der Waals surface area contributed by atoms with Crippen molar-refractivity contribution in [1.29, 1.82) is 0 Å². The molecule has 102 valence electrons. The van der Waals surface area contributed by atoms with Gasteiger partial charge in [0.2, 0.25) is 0 Å². The van der Waals surface area contributed by atoms with E-state index in [0.717, 1.165) is 0 Å². The maximum atomic E-state index is 11.5. The van der Waals surface area contributed by atoms with Gasteiger partial charge in [-0.25, -0.2) is 9.78 Å². The van der Waals surface area contributed by atoms with Crippen molar-refractivity contribution in [3.05, 3.63) is 33.4 Å². The number of thiophene rings is 1. The molecule has 6 heteroatoms. The van der Waals surface area contributed by atoms with E-state index in [1.165, 1.54) is 22.4 Å².